The van der Waals surface area contributed by atoms with Crippen LogP contribution in [-0.2, 0) is 0 Å². The smallest absolute Gasteiger partial charge is 0.254 e. The van der Waals surface area contributed by atoms with Crippen molar-refractivity contribution >= 4 is 29.0 Å². The summed E-state index contributed by atoms with van der Waals surface area (Å²) in [5.41, 5.74) is 1.52. The quantitative estimate of drug-likeness (QED) is 0.826. The van der Waals surface area contributed by atoms with Crippen molar-refractivity contribution < 1.29 is 9.18 Å². The van der Waals surface area contributed by atoms with Crippen molar-refractivity contribution in [3.05, 3.63) is 58.0 Å². The molecule has 2 nitrogen and oxygen atoms in total. The van der Waals surface area contributed by atoms with Crippen LogP contribution in [0.25, 0.3) is 0 Å². The number of carbonyl (C=O) groups is 1. The summed E-state index contributed by atoms with van der Waals surface area (Å²) in [4.78, 5) is 14.3. The molecule has 1 aromatic heterocycles. The zero-order valence-corrected chi connectivity index (χ0v) is 13.1. The van der Waals surface area contributed by atoms with Crippen molar-refractivity contribution in [3.8, 4) is 0 Å². The molecule has 1 aliphatic rings. The molecule has 1 saturated heterocycles. The van der Waals surface area contributed by atoms with Gasteiger partial charge in [0.1, 0.15) is 5.82 Å². The lowest BCUT2D eigenvalue weighted by Crippen LogP contribution is -2.32. The van der Waals surface area contributed by atoms with Gasteiger partial charge in [0.2, 0.25) is 0 Å². The predicted molar refractivity (Wildman–Crippen MR) is 86.4 cm³/mol. The van der Waals surface area contributed by atoms with Crippen molar-refractivity contribution in [1.29, 1.82) is 0 Å². The Hall–Kier alpha value is -1.33. The first-order valence-corrected chi connectivity index (χ1v) is 8.92. The molecule has 0 radical (unpaired) electrons. The SMILES string of the molecule is O=C(c1ccsc1)N1CCSC(c2ccccc2F)CC1. The van der Waals surface area contributed by atoms with E-state index >= 15 is 0 Å². The molecule has 0 bridgehead atoms. The first-order chi connectivity index (χ1) is 10.3. The van der Waals surface area contributed by atoms with Crippen LogP contribution < -0.4 is 0 Å². The predicted octanol–water partition coefficient (Wildman–Crippen LogP) is 4.21. The molecule has 0 aliphatic carbocycles. The number of thioether (sulfide) groups is 1. The monoisotopic (exact) mass is 321 g/mol. The molecule has 2 aromatic rings. The summed E-state index contributed by atoms with van der Waals surface area (Å²) in [5.74, 6) is 0.785. The average molecular weight is 321 g/mol. The highest BCUT2D eigenvalue weighted by Crippen LogP contribution is 2.35. The maximum Gasteiger partial charge on any atom is 0.254 e. The highest BCUT2D eigenvalue weighted by molar-refractivity contribution is 7.99. The highest BCUT2D eigenvalue weighted by Gasteiger charge is 2.24. The fraction of sp³-hybridized carbons (Fsp3) is 0.312. The van der Waals surface area contributed by atoms with Crippen LogP contribution in [0.1, 0.15) is 27.6 Å². The molecule has 1 unspecified atom stereocenters. The molecule has 0 N–H and O–H groups in total. The van der Waals surface area contributed by atoms with E-state index in [-0.39, 0.29) is 17.0 Å². The van der Waals surface area contributed by atoms with Gasteiger partial charge < -0.3 is 4.90 Å². The van der Waals surface area contributed by atoms with E-state index in [9.17, 15) is 9.18 Å². The van der Waals surface area contributed by atoms with Crippen LogP contribution in [0.15, 0.2) is 41.1 Å². The summed E-state index contributed by atoms with van der Waals surface area (Å²) < 4.78 is 13.9. The van der Waals surface area contributed by atoms with Crippen LogP contribution >= 0.6 is 23.1 Å². The number of amides is 1. The Kier molecular flexibility index (Phi) is 4.60. The molecule has 1 atom stereocenters. The Labute approximate surface area is 132 Å². The van der Waals surface area contributed by atoms with Gasteiger partial charge in [-0.2, -0.15) is 23.1 Å². The van der Waals surface area contributed by atoms with Crippen molar-refractivity contribution in [2.24, 2.45) is 0 Å². The van der Waals surface area contributed by atoms with Gasteiger partial charge in [-0.15, -0.1) is 0 Å². The fourth-order valence-corrected chi connectivity index (χ4v) is 4.41. The van der Waals surface area contributed by atoms with Gasteiger partial charge in [0.15, 0.2) is 0 Å². The van der Waals surface area contributed by atoms with Crippen molar-refractivity contribution in [3.63, 3.8) is 0 Å². The number of halogens is 1. The Morgan fingerprint density at radius 2 is 2.10 bits per heavy atom. The maximum atomic E-state index is 13.9. The van der Waals surface area contributed by atoms with Gasteiger partial charge in [-0.3, -0.25) is 4.79 Å². The molecular formula is C16H16FNOS2. The largest absolute Gasteiger partial charge is 0.338 e. The Balaban J connectivity index is 1.70. The second-order valence-electron chi connectivity index (χ2n) is 4.97. The second kappa shape index (κ2) is 6.62. The van der Waals surface area contributed by atoms with E-state index < -0.39 is 0 Å². The number of rotatable bonds is 2. The molecule has 1 amide bonds. The van der Waals surface area contributed by atoms with Gasteiger partial charge >= 0.3 is 0 Å². The first-order valence-electron chi connectivity index (χ1n) is 6.93. The normalized spacial score (nSPS) is 19.3. The van der Waals surface area contributed by atoms with Crippen LogP contribution in [0.5, 0.6) is 0 Å². The average Bonchev–Trinajstić information content (AvgIpc) is 2.92. The van der Waals surface area contributed by atoms with Gasteiger partial charge in [0.05, 0.1) is 5.56 Å². The molecule has 1 fully saturated rings. The molecule has 0 saturated carbocycles. The number of benzene rings is 1. The molecule has 5 heteroatoms. The third kappa shape index (κ3) is 3.30. The highest BCUT2D eigenvalue weighted by atomic mass is 32.2. The summed E-state index contributed by atoms with van der Waals surface area (Å²) in [7, 11) is 0. The van der Waals surface area contributed by atoms with Crippen molar-refractivity contribution in [2.45, 2.75) is 11.7 Å². The topological polar surface area (TPSA) is 20.3 Å². The second-order valence-corrected chi connectivity index (χ2v) is 7.06. The molecule has 21 heavy (non-hydrogen) atoms. The van der Waals surface area contributed by atoms with E-state index in [1.807, 2.05) is 33.9 Å². The fourth-order valence-electron chi connectivity index (χ4n) is 2.53. The lowest BCUT2D eigenvalue weighted by molar-refractivity contribution is 0.0767. The minimum atomic E-state index is -0.146. The lowest BCUT2D eigenvalue weighted by Gasteiger charge is -2.19. The van der Waals surface area contributed by atoms with Crippen LogP contribution in [0.3, 0.4) is 0 Å². The molecule has 1 aromatic carbocycles. The van der Waals surface area contributed by atoms with E-state index in [0.717, 1.165) is 29.8 Å². The van der Waals surface area contributed by atoms with E-state index in [4.69, 9.17) is 0 Å². The number of nitrogens with zero attached hydrogens (tertiary/aromatic N) is 1. The van der Waals surface area contributed by atoms with Gasteiger partial charge in [-0.25, -0.2) is 4.39 Å². The van der Waals surface area contributed by atoms with Crippen LogP contribution in [0.2, 0.25) is 0 Å². The minimum absolute atomic E-state index is 0.0889. The maximum absolute atomic E-state index is 13.9. The van der Waals surface area contributed by atoms with E-state index in [1.54, 1.807) is 17.8 Å². The molecule has 3 rings (SSSR count). The minimum Gasteiger partial charge on any atom is -0.338 e. The van der Waals surface area contributed by atoms with Gasteiger partial charge in [0, 0.05) is 35.0 Å². The molecule has 0 spiro atoms. The van der Waals surface area contributed by atoms with Crippen molar-refractivity contribution in [2.75, 3.05) is 18.8 Å². The van der Waals surface area contributed by atoms with E-state index in [1.165, 1.54) is 17.4 Å². The molecule has 110 valence electrons. The summed E-state index contributed by atoms with van der Waals surface area (Å²) in [6.45, 7) is 1.41. The Morgan fingerprint density at radius 1 is 1.24 bits per heavy atom. The zero-order chi connectivity index (χ0) is 14.7. The zero-order valence-electron chi connectivity index (χ0n) is 11.5. The summed E-state index contributed by atoms with van der Waals surface area (Å²) >= 11 is 3.27. The van der Waals surface area contributed by atoms with Crippen molar-refractivity contribution in [1.82, 2.24) is 4.90 Å². The summed E-state index contributed by atoms with van der Waals surface area (Å²) in [5, 5.41) is 3.93. The van der Waals surface area contributed by atoms with Crippen LogP contribution in [-0.4, -0.2) is 29.6 Å². The Morgan fingerprint density at radius 3 is 2.86 bits per heavy atom. The molecule has 1 aliphatic heterocycles. The standard InChI is InChI=1S/C16H16FNOS2/c17-14-4-2-1-3-13(14)15-5-7-18(8-10-21-15)16(19)12-6-9-20-11-12/h1-4,6,9,11,15H,5,7-8,10H2. The van der Waals surface area contributed by atoms with E-state index in [2.05, 4.69) is 0 Å². The Bertz CT molecular complexity index is 614. The first kappa shape index (κ1) is 14.6. The van der Waals surface area contributed by atoms with Crippen LogP contribution in [0.4, 0.5) is 4.39 Å². The van der Waals surface area contributed by atoms with Gasteiger partial charge in [-0.1, -0.05) is 18.2 Å². The molecular weight excluding hydrogens is 305 g/mol. The number of hydrogen-bond donors (Lipinski definition) is 0. The van der Waals surface area contributed by atoms with E-state index in [0.29, 0.717) is 6.54 Å². The number of carbonyl (C=O) groups excluding carboxylic acids is 1. The van der Waals surface area contributed by atoms with Crippen LogP contribution in [0, 0.1) is 5.82 Å². The third-order valence-corrected chi connectivity index (χ3v) is 5.64. The van der Waals surface area contributed by atoms with Gasteiger partial charge in [-0.05, 0) is 23.9 Å². The number of hydrogen-bond acceptors (Lipinski definition) is 3. The summed E-state index contributed by atoms with van der Waals surface area (Å²) in [6.07, 6.45) is 0.793. The summed E-state index contributed by atoms with van der Waals surface area (Å²) in [6, 6.07) is 8.81. The lowest BCUT2D eigenvalue weighted by atomic mass is 10.1. The van der Waals surface area contributed by atoms with Gasteiger partial charge in [0.25, 0.3) is 5.91 Å². The molecule has 2 heterocycles. The third-order valence-electron chi connectivity index (χ3n) is 3.65. The number of thiophene rings is 1.